The predicted molar refractivity (Wildman–Crippen MR) is 68.7 cm³/mol. The van der Waals surface area contributed by atoms with Crippen LogP contribution in [-0.2, 0) is 9.47 Å². The van der Waals surface area contributed by atoms with E-state index in [0.29, 0.717) is 13.2 Å². The highest BCUT2D eigenvalue weighted by atomic mass is 16.5. The second-order valence-corrected chi connectivity index (χ2v) is 5.05. The van der Waals surface area contributed by atoms with Crippen LogP contribution < -0.4 is 0 Å². The third kappa shape index (κ3) is 10.4. The van der Waals surface area contributed by atoms with E-state index in [-0.39, 0.29) is 0 Å². The minimum Gasteiger partial charge on any atom is -0.382 e. The van der Waals surface area contributed by atoms with Gasteiger partial charge < -0.3 is 14.0 Å². The molecule has 0 radical (unpaired) electrons. The Hall–Kier alpha value is -0.120. The van der Waals surface area contributed by atoms with Crippen LogP contribution in [0.3, 0.4) is 0 Å². The first-order chi connectivity index (χ1) is 7.62. The molecule has 3 nitrogen and oxygen atoms in total. The van der Waals surface area contributed by atoms with E-state index >= 15 is 0 Å². The van der Waals surface area contributed by atoms with Crippen molar-refractivity contribution in [2.45, 2.75) is 32.6 Å². The van der Waals surface area contributed by atoms with E-state index in [1.807, 2.05) is 0 Å². The summed E-state index contributed by atoms with van der Waals surface area (Å²) in [5.41, 5.74) is 0. The first-order valence-electron chi connectivity index (χ1n) is 6.51. The van der Waals surface area contributed by atoms with Gasteiger partial charge in [-0.3, -0.25) is 0 Å². The van der Waals surface area contributed by atoms with E-state index in [4.69, 9.17) is 9.47 Å². The number of ether oxygens (including phenoxy) is 2. The molecular formula is C13H30NO2+. The third-order valence-corrected chi connectivity index (χ3v) is 2.89. The largest absolute Gasteiger partial charge is 0.382 e. The average Bonchev–Trinajstić information content (AvgIpc) is 2.24. The summed E-state index contributed by atoms with van der Waals surface area (Å²) >= 11 is 0. The monoisotopic (exact) mass is 232 g/mol. The number of rotatable bonds is 11. The van der Waals surface area contributed by atoms with Gasteiger partial charge in [-0.25, -0.2) is 0 Å². The molecule has 0 saturated heterocycles. The zero-order valence-corrected chi connectivity index (χ0v) is 11.6. The average molecular weight is 232 g/mol. The van der Waals surface area contributed by atoms with Crippen LogP contribution >= 0.6 is 0 Å². The minimum absolute atomic E-state index is 0.698. The molecule has 0 bridgehead atoms. The van der Waals surface area contributed by atoms with Gasteiger partial charge in [0.1, 0.15) is 6.54 Å². The van der Waals surface area contributed by atoms with Crippen molar-refractivity contribution in [2.75, 3.05) is 54.1 Å². The Morgan fingerprint density at radius 3 is 2.25 bits per heavy atom. The minimum atomic E-state index is 0.698. The summed E-state index contributed by atoms with van der Waals surface area (Å²) in [6.45, 7) is 6.85. The van der Waals surface area contributed by atoms with Crippen molar-refractivity contribution >= 4 is 0 Å². The van der Waals surface area contributed by atoms with E-state index in [1.54, 1.807) is 7.11 Å². The van der Waals surface area contributed by atoms with Gasteiger partial charge in [-0.15, -0.1) is 0 Å². The molecule has 0 aromatic heterocycles. The molecule has 0 aliphatic carbocycles. The topological polar surface area (TPSA) is 18.5 Å². The first-order valence-corrected chi connectivity index (χ1v) is 6.51. The maximum absolute atomic E-state index is 5.50. The lowest BCUT2D eigenvalue weighted by molar-refractivity contribution is -0.891. The number of hydrogen-bond donors (Lipinski definition) is 0. The summed E-state index contributed by atoms with van der Waals surface area (Å²) in [5.74, 6) is 0. The molecule has 0 saturated carbocycles. The Bertz CT molecular complexity index is 149. The fraction of sp³-hybridized carbons (Fsp3) is 1.00. The molecule has 0 aromatic rings. The van der Waals surface area contributed by atoms with Crippen LogP contribution in [0.5, 0.6) is 0 Å². The van der Waals surface area contributed by atoms with E-state index < -0.39 is 0 Å². The SMILES string of the molecule is CCCCCC[N+](C)(C)CCOCCOC. The van der Waals surface area contributed by atoms with Crippen LogP contribution in [0.25, 0.3) is 0 Å². The molecule has 0 amide bonds. The fourth-order valence-corrected chi connectivity index (χ4v) is 1.63. The maximum Gasteiger partial charge on any atom is 0.102 e. The molecule has 0 atom stereocenters. The van der Waals surface area contributed by atoms with Crippen molar-refractivity contribution in [2.24, 2.45) is 0 Å². The number of unbranched alkanes of at least 4 members (excludes halogenated alkanes) is 3. The number of quaternary nitrogens is 1. The summed E-state index contributed by atoms with van der Waals surface area (Å²) in [5, 5.41) is 0. The lowest BCUT2D eigenvalue weighted by atomic mass is 10.2. The van der Waals surface area contributed by atoms with Crippen LogP contribution in [0.4, 0.5) is 0 Å². The quantitative estimate of drug-likeness (QED) is 0.402. The Morgan fingerprint density at radius 1 is 0.875 bits per heavy atom. The van der Waals surface area contributed by atoms with Crippen molar-refractivity contribution in [3.05, 3.63) is 0 Å². The molecule has 0 N–H and O–H groups in total. The zero-order chi connectivity index (χ0) is 12.3. The second kappa shape index (κ2) is 10.1. The number of methoxy groups -OCH3 is 1. The highest BCUT2D eigenvalue weighted by Crippen LogP contribution is 2.05. The number of nitrogens with zero attached hydrogens (tertiary/aromatic N) is 1. The van der Waals surface area contributed by atoms with E-state index in [1.165, 1.54) is 32.2 Å². The zero-order valence-electron chi connectivity index (χ0n) is 11.6. The molecular weight excluding hydrogens is 202 g/mol. The lowest BCUT2D eigenvalue weighted by Crippen LogP contribution is -2.43. The van der Waals surface area contributed by atoms with Gasteiger partial charge >= 0.3 is 0 Å². The van der Waals surface area contributed by atoms with Crippen molar-refractivity contribution < 1.29 is 14.0 Å². The standard InChI is InChI=1S/C13H30NO2/c1-5-6-7-8-9-14(2,3)10-11-16-13-12-15-4/h5-13H2,1-4H3/q+1. The van der Waals surface area contributed by atoms with E-state index in [0.717, 1.165) is 17.6 Å². The van der Waals surface area contributed by atoms with Gasteiger partial charge in [-0.05, 0) is 12.8 Å². The first kappa shape index (κ1) is 15.9. The van der Waals surface area contributed by atoms with Crippen LogP contribution in [-0.4, -0.2) is 58.6 Å². The predicted octanol–water partition coefficient (Wildman–Crippen LogP) is 2.31. The second-order valence-electron chi connectivity index (χ2n) is 5.05. The summed E-state index contributed by atoms with van der Waals surface area (Å²) in [6.07, 6.45) is 5.37. The summed E-state index contributed by atoms with van der Waals surface area (Å²) in [4.78, 5) is 0. The van der Waals surface area contributed by atoms with Gasteiger partial charge in [0, 0.05) is 7.11 Å². The van der Waals surface area contributed by atoms with Crippen molar-refractivity contribution in [1.82, 2.24) is 0 Å². The summed E-state index contributed by atoms with van der Waals surface area (Å²) in [6, 6.07) is 0. The van der Waals surface area contributed by atoms with Crippen molar-refractivity contribution in [3.63, 3.8) is 0 Å². The van der Waals surface area contributed by atoms with E-state index in [9.17, 15) is 0 Å². The van der Waals surface area contributed by atoms with Crippen molar-refractivity contribution in [1.29, 1.82) is 0 Å². The highest BCUT2D eigenvalue weighted by molar-refractivity contribution is 4.41. The Morgan fingerprint density at radius 2 is 1.62 bits per heavy atom. The molecule has 0 spiro atoms. The fourth-order valence-electron chi connectivity index (χ4n) is 1.63. The smallest absolute Gasteiger partial charge is 0.102 e. The summed E-state index contributed by atoms with van der Waals surface area (Å²) < 4.78 is 11.5. The van der Waals surface area contributed by atoms with Gasteiger partial charge in [-0.1, -0.05) is 19.8 Å². The van der Waals surface area contributed by atoms with Crippen molar-refractivity contribution in [3.8, 4) is 0 Å². The molecule has 0 fully saturated rings. The molecule has 0 aliphatic heterocycles. The molecule has 0 heterocycles. The van der Waals surface area contributed by atoms with Crippen LogP contribution in [0.1, 0.15) is 32.6 Å². The molecule has 3 heteroatoms. The molecule has 0 unspecified atom stereocenters. The Labute approximate surface area is 101 Å². The lowest BCUT2D eigenvalue weighted by Gasteiger charge is -2.29. The van der Waals surface area contributed by atoms with Crippen LogP contribution in [0.2, 0.25) is 0 Å². The third-order valence-electron chi connectivity index (χ3n) is 2.89. The van der Waals surface area contributed by atoms with Gasteiger partial charge in [0.25, 0.3) is 0 Å². The van der Waals surface area contributed by atoms with E-state index in [2.05, 4.69) is 21.0 Å². The van der Waals surface area contributed by atoms with Gasteiger partial charge in [0.2, 0.25) is 0 Å². The molecule has 0 aliphatic rings. The normalized spacial score (nSPS) is 12.0. The summed E-state index contributed by atoms with van der Waals surface area (Å²) in [7, 11) is 6.27. The van der Waals surface area contributed by atoms with Gasteiger partial charge in [0.15, 0.2) is 0 Å². The maximum atomic E-state index is 5.50. The molecule has 98 valence electrons. The van der Waals surface area contributed by atoms with Crippen LogP contribution in [0.15, 0.2) is 0 Å². The molecule has 16 heavy (non-hydrogen) atoms. The molecule has 0 rings (SSSR count). The molecule has 0 aromatic carbocycles. The highest BCUT2D eigenvalue weighted by Gasteiger charge is 2.13. The van der Waals surface area contributed by atoms with Gasteiger partial charge in [0.05, 0.1) is 40.5 Å². The number of likely N-dealkylation sites (N-methyl/N-ethyl adjacent to an activating group) is 1. The Kier molecular flexibility index (Phi) is 9.99. The van der Waals surface area contributed by atoms with Crippen LogP contribution in [0, 0.1) is 0 Å². The van der Waals surface area contributed by atoms with Gasteiger partial charge in [-0.2, -0.15) is 0 Å². The number of hydrogen-bond acceptors (Lipinski definition) is 2. The Balaban J connectivity index is 3.38.